The molecule has 0 aliphatic rings. The van der Waals surface area contributed by atoms with Crippen LogP contribution >= 0.6 is 0 Å². The Bertz CT molecular complexity index is 397. The predicted octanol–water partition coefficient (Wildman–Crippen LogP) is 4.02. The zero-order chi connectivity index (χ0) is 13.1. The highest BCUT2D eigenvalue weighted by atomic mass is 19.4. The Hall–Kier alpha value is -1.65. The van der Waals surface area contributed by atoms with Crippen molar-refractivity contribution in [2.24, 2.45) is 0 Å². The van der Waals surface area contributed by atoms with Crippen LogP contribution in [0.1, 0.15) is 19.4 Å². The van der Waals surface area contributed by atoms with Crippen molar-refractivity contribution in [1.82, 2.24) is 0 Å². The fourth-order valence-electron chi connectivity index (χ4n) is 1.21. The molecular formula is C12H13F3O2. The molecule has 0 atom stereocenters. The first-order valence-corrected chi connectivity index (χ1v) is 5.00. The Morgan fingerprint density at radius 1 is 1.24 bits per heavy atom. The van der Waals surface area contributed by atoms with Crippen molar-refractivity contribution in [3.8, 4) is 11.5 Å². The van der Waals surface area contributed by atoms with Crippen molar-refractivity contribution in [3.05, 3.63) is 30.3 Å². The standard InChI is InChI=1S/C12H13F3O2/c1-4-9-5-6-10(16-8(2)3)11(7-9)17-12(13,14)15/h4-8H,1H2,2-3H3. The summed E-state index contributed by atoms with van der Waals surface area (Å²) in [6.45, 7) is 6.92. The van der Waals surface area contributed by atoms with Crippen LogP contribution in [0.25, 0.3) is 6.08 Å². The number of halogens is 3. The fraction of sp³-hybridized carbons (Fsp3) is 0.333. The van der Waals surface area contributed by atoms with Gasteiger partial charge in [-0.2, -0.15) is 0 Å². The second-order valence-corrected chi connectivity index (χ2v) is 3.62. The summed E-state index contributed by atoms with van der Waals surface area (Å²) in [5, 5.41) is 0. The molecule has 0 radical (unpaired) electrons. The van der Waals surface area contributed by atoms with Crippen molar-refractivity contribution in [1.29, 1.82) is 0 Å². The van der Waals surface area contributed by atoms with E-state index in [-0.39, 0.29) is 17.6 Å². The van der Waals surface area contributed by atoms with Crippen molar-refractivity contribution in [3.63, 3.8) is 0 Å². The van der Waals surface area contributed by atoms with Gasteiger partial charge >= 0.3 is 6.36 Å². The first kappa shape index (κ1) is 13.4. The Morgan fingerprint density at radius 2 is 1.88 bits per heavy atom. The molecule has 0 bridgehead atoms. The largest absolute Gasteiger partial charge is 0.573 e. The maximum Gasteiger partial charge on any atom is 0.573 e. The van der Waals surface area contributed by atoms with Crippen LogP contribution in [0.3, 0.4) is 0 Å². The molecule has 0 aliphatic carbocycles. The quantitative estimate of drug-likeness (QED) is 0.799. The number of hydrogen-bond acceptors (Lipinski definition) is 2. The van der Waals surface area contributed by atoms with Gasteiger partial charge < -0.3 is 9.47 Å². The summed E-state index contributed by atoms with van der Waals surface area (Å²) < 4.78 is 45.7. The smallest absolute Gasteiger partial charge is 0.487 e. The molecular weight excluding hydrogens is 233 g/mol. The second kappa shape index (κ2) is 5.12. The number of hydrogen-bond donors (Lipinski definition) is 0. The highest BCUT2D eigenvalue weighted by Gasteiger charge is 2.32. The topological polar surface area (TPSA) is 18.5 Å². The molecule has 0 aliphatic heterocycles. The van der Waals surface area contributed by atoms with Crippen LogP contribution in [0.4, 0.5) is 13.2 Å². The average Bonchev–Trinajstić information content (AvgIpc) is 2.17. The average molecular weight is 246 g/mol. The Kier molecular flexibility index (Phi) is 4.04. The predicted molar refractivity (Wildman–Crippen MR) is 59.0 cm³/mol. The molecule has 0 fully saturated rings. The second-order valence-electron chi connectivity index (χ2n) is 3.62. The minimum absolute atomic E-state index is 0.0583. The third-order valence-electron chi connectivity index (χ3n) is 1.79. The summed E-state index contributed by atoms with van der Waals surface area (Å²) in [6, 6.07) is 4.27. The molecule has 1 aromatic rings. The van der Waals surface area contributed by atoms with Crippen LogP contribution < -0.4 is 9.47 Å². The van der Waals surface area contributed by atoms with Gasteiger partial charge in [-0.15, -0.1) is 13.2 Å². The highest BCUT2D eigenvalue weighted by Crippen LogP contribution is 2.34. The van der Waals surface area contributed by atoms with E-state index in [9.17, 15) is 13.2 Å². The van der Waals surface area contributed by atoms with Crippen LogP contribution in [0.5, 0.6) is 11.5 Å². The van der Waals surface area contributed by atoms with Gasteiger partial charge in [0.25, 0.3) is 0 Å². The lowest BCUT2D eigenvalue weighted by atomic mass is 10.2. The van der Waals surface area contributed by atoms with Gasteiger partial charge in [-0.1, -0.05) is 18.7 Å². The first-order chi connectivity index (χ1) is 7.81. The van der Waals surface area contributed by atoms with Gasteiger partial charge in [-0.3, -0.25) is 0 Å². The Morgan fingerprint density at radius 3 is 2.35 bits per heavy atom. The van der Waals surface area contributed by atoms with Crippen LogP contribution in [-0.4, -0.2) is 12.5 Å². The maximum atomic E-state index is 12.2. The zero-order valence-corrected chi connectivity index (χ0v) is 9.54. The third-order valence-corrected chi connectivity index (χ3v) is 1.79. The van der Waals surface area contributed by atoms with E-state index in [4.69, 9.17) is 4.74 Å². The molecule has 0 saturated heterocycles. The summed E-state index contributed by atoms with van der Waals surface area (Å²) in [6.07, 6.45) is -3.54. The molecule has 0 aromatic heterocycles. The summed E-state index contributed by atoms with van der Waals surface area (Å²) in [5.41, 5.74) is 0.528. The van der Waals surface area contributed by atoms with E-state index in [1.807, 2.05) is 0 Å². The van der Waals surface area contributed by atoms with Gasteiger partial charge in [-0.25, -0.2) is 0 Å². The minimum Gasteiger partial charge on any atom is -0.487 e. The molecule has 17 heavy (non-hydrogen) atoms. The third kappa shape index (κ3) is 4.38. The molecule has 0 heterocycles. The lowest BCUT2D eigenvalue weighted by Crippen LogP contribution is -2.18. The van der Waals surface area contributed by atoms with Gasteiger partial charge in [0.15, 0.2) is 11.5 Å². The van der Waals surface area contributed by atoms with E-state index in [0.29, 0.717) is 5.56 Å². The Balaban J connectivity index is 3.07. The summed E-state index contributed by atoms with van der Waals surface area (Å²) in [7, 11) is 0. The molecule has 1 rings (SSSR count). The van der Waals surface area contributed by atoms with E-state index in [1.54, 1.807) is 19.9 Å². The van der Waals surface area contributed by atoms with E-state index in [0.717, 1.165) is 0 Å². The summed E-state index contributed by atoms with van der Waals surface area (Å²) >= 11 is 0. The zero-order valence-electron chi connectivity index (χ0n) is 9.54. The number of benzene rings is 1. The maximum absolute atomic E-state index is 12.2. The van der Waals surface area contributed by atoms with Crippen molar-refractivity contribution < 1.29 is 22.6 Å². The molecule has 0 spiro atoms. The molecule has 0 unspecified atom stereocenters. The first-order valence-electron chi connectivity index (χ1n) is 5.00. The van der Waals surface area contributed by atoms with Gasteiger partial charge in [-0.05, 0) is 31.5 Å². The molecule has 1 aromatic carbocycles. The van der Waals surface area contributed by atoms with E-state index < -0.39 is 6.36 Å². The normalized spacial score (nSPS) is 11.4. The highest BCUT2D eigenvalue weighted by molar-refractivity contribution is 5.54. The number of ether oxygens (including phenoxy) is 2. The van der Waals surface area contributed by atoms with Gasteiger partial charge in [0, 0.05) is 0 Å². The fourth-order valence-corrected chi connectivity index (χ4v) is 1.21. The molecule has 0 saturated carbocycles. The number of rotatable bonds is 4. The molecule has 0 amide bonds. The van der Waals surface area contributed by atoms with Crippen LogP contribution in [0.15, 0.2) is 24.8 Å². The molecule has 5 heteroatoms. The molecule has 94 valence electrons. The van der Waals surface area contributed by atoms with Crippen molar-refractivity contribution >= 4 is 6.08 Å². The SMILES string of the molecule is C=Cc1ccc(OC(C)C)c(OC(F)(F)F)c1. The summed E-state index contributed by atoms with van der Waals surface area (Å²) in [5.74, 6) is -0.300. The van der Waals surface area contributed by atoms with E-state index >= 15 is 0 Å². The lowest BCUT2D eigenvalue weighted by Gasteiger charge is -2.16. The van der Waals surface area contributed by atoms with Crippen molar-refractivity contribution in [2.45, 2.75) is 26.3 Å². The molecule has 2 nitrogen and oxygen atoms in total. The van der Waals surface area contributed by atoms with Gasteiger partial charge in [0.2, 0.25) is 0 Å². The van der Waals surface area contributed by atoms with Crippen LogP contribution in [0, 0.1) is 0 Å². The molecule has 0 N–H and O–H groups in total. The van der Waals surface area contributed by atoms with E-state index in [1.165, 1.54) is 18.2 Å². The van der Waals surface area contributed by atoms with Crippen LogP contribution in [0.2, 0.25) is 0 Å². The lowest BCUT2D eigenvalue weighted by molar-refractivity contribution is -0.275. The Labute approximate surface area is 97.7 Å². The van der Waals surface area contributed by atoms with Crippen LogP contribution in [-0.2, 0) is 0 Å². The van der Waals surface area contributed by atoms with Gasteiger partial charge in [0.1, 0.15) is 0 Å². The summed E-state index contributed by atoms with van der Waals surface area (Å²) in [4.78, 5) is 0. The monoisotopic (exact) mass is 246 g/mol. The minimum atomic E-state index is -4.74. The number of alkyl halides is 3. The van der Waals surface area contributed by atoms with Crippen molar-refractivity contribution in [2.75, 3.05) is 0 Å². The van der Waals surface area contributed by atoms with Gasteiger partial charge in [0.05, 0.1) is 6.10 Å². The van der Waals surface area contributed by atoms with E-state index in [2.05, 4.69) is 11.3 Å².